The van der Waals surface area contributed by atoms with E-state index in [4.69, 9.17) is 0 Å². The van der Waals surface area contributed by atoms with Gasteiger partial charge in [-0.1, -0.05) is 39.5 Å². The Morgan fingerprint density at radius 2 is 1.71 bits per heavy atom. The lowest BCUT2D eigenvalue weighted by Gasteiger charge is -2.03. The largest absolute Gasteiger partial charge is 0.595 e. The molecule has 74 valence electrons. The summed E-state index contributed by atoms with van der Waals surface area (Å²) in [5.41, 5.74) is -0.407. The fourth-order valence-corrected chi connectivity index (χ4v) is 2.95. The van der Waals surface area contributed by atoms with Crippen LogP contribution in [0.3, 0.4) is 0 Å². The van der Waals surface area contributed by atoms with E-state index in [1.807, 2.05) is 0 Å². The maximum Gasteiger partial charge on any atom is 0.321 e. The van der Waals surface area contributed by atoms with Crippen molar-refractivity contribution in [1.29, 1.82) is 0 Å². The van der Waals surface area contributed by atoms with Crippen molar-refractivity contribution in [3.05, 3.63) is 35.9 Å². The summed E-state index contributed by atoms with van der Waals surface area (Å²) in [4.78, 5) is 21.3. The van der Waals surface area contributed by atoms with E-state index in [9.17, 15) is 18.9 Å². The molecule has 1 aromatic rings. The predicted molar refractivity (Wildman–Crippen MR) is 49.3 cm³/mol. The molecule has 0 aromatic heterocycles. The zero-order chi connectivity index (χ0) is 10.6. The summed E-state index contributed by atoms with van der Waals surface area (Å²) in [6, 6.07) is 8.32. The molecule has 0 aliphatic heterocycles. The molecule has 0 heterocycles. The van der Waals surface area contributed by atoms with E-state index in [-0.39, 0.29) is 6.16 Å². The fourth-order valence-electron chi connectivity index (χ4n) is 1.11. The molecule has 3 atom stereocenters. The van der Waals surface area contributed by atoms with Crippen molar-refractivity contribution in [3.8, 4) is 0 Å². The van der Waals surface area contributed by atoms with Crippen LogP contribution < -0.4 is 9.79 Å². The van der Waals surface area contributed by atoms with Gasteiger partial charge in [-0.15, -0.1) is 0 Å². The maximum absolute atomic E-state index is 10.8. The maximum atomic E-state index is 10.8. The van der Waals surface area contributed by atoms with Crippen molar-refractivity contribution in [3.63, 3.8) is 0 Å². The van der Waals surface area contributed by atoms with Crippen LogP contribution in [0.4, 0.5) is 0 Å². The Balaban J connectivity index is 2.89. The molecule has 0 aliphatic carbocycles. The monoisotopic (exact) mass is 230 g/mol. The minimum absolute atomic E-state index is 0.349. The fraction of sp³-hybridized carbons (Fsp3) is 0.250. The average molecular weight is 230 g/mol. The Bertz CT molecular complexity index is 338. The first-order chi connectivity index (χ1) is 6.61. The van der Waals surface area contributed by atoms with Crippen molar-refractivity contribution >= 4 is 16.1 Å². The van der Waals surface area contributed by atoms with Crippen LogP contribution in [0, 0.1) is 0 Å². The van der Waals surface area contributed by atoms with Crippen molar-refractivity contribution < 1.29 is 18.9 Å². The Morgan fingerprint density at radius 3 is 2.14 bits per heavy atom. The van der Waals surface area contributed by atoms with E-state index in [2.05, 4.69) is 0 Å². The molecule has 4 nitrogen and oxygen atoms in total. The van der Waals surface area contributed by atoms with Gasteiger partial charge in [0.15, 0.2) is 6.16 Å². The molecule has 0 bridgehead atoms. The summed E-state index contributed by atoms with van der Waals surface area (Å²) >= 11 is 0. The van der Waals surface area contributed by atoms with Crippen LogP contribution in [0.25, 0.3) is 0 Å². The lowest BCUT2D eigenvalue weighted by molar-refractivity contribution is -0.170. The second-order valence-electron chi connectivity index (χ2n) is 2.73. The van der Waals surface area contributed by atoms with Gasteiger partial charge in [0.25, 0.3) is 0 Å². The molecule has 0 saturated carbocycles. The summed E-state index contributed by atoms with van der Waals surface area (Å²) in [6.45, 7) is 0. The van der Waals surface area contributed by atoms with Gasteiger partial charge in [-0.2, -0.15) is 0 Å². The van der Waals surface area contributed by atoms with Crippen LogP contribution >= 0.6 is 16.1 Å². The number of hydrogen-bond donors (Lipinski definition) is 0. The van der Waals surface area contributed by atoms with Crippen molar-refractivity contribution in [2.45, 2.75) is 5.66 Å². The molecule has 0 fully saturated rings. The Morgan fingerprint density at radius 1 is 1.14 bits per heavy atom. The minimum Gasteiger partial charge on any atom is -0.595 e. The van der Waals surface area contributed by atoms with E-state index < -0.39 is 21.7 Å². The molecule has 0 aliphatic rings. The molecule has 1 aromatic carbocycles. The zero-order valence-corrected chi connectivity index (χ0v) is 8.99. The lowest BCUT2D eigenvalue weighted by Crippen LogP contribution is -2.06. The van der Waals surface area contributed by atoms with Gasteiger partial charge >= 0.3 is 16.1 Å². The van der Waals surface area contributed by atoms with Crippen LogP contribution in [0.5, 0.6) is 0 Å². The molecule has 0 N–H and O–H groups in total. The summed E-state index contributed by atoms with van der Waals surface area (Å²) in [7, 11) is -5.44. The van der Waals surface area contributed by atoms with Crippen LogP contribution in [0.2, 0.25) is 0 Å². The Labute approximate surface area is 83.3 Å². The lowest BCUT2D eigenvalue weighted by atomic mass is 10.2. The summed E-state index contributed by atoms with van der Waals surface area (Å²) < 4.78 is 21.3. The van der Waals surface area contributed by atoms with Gasteiger partial charge in [-0.05, 0) is 0 Å². The molecule has 0 saturated heterocycles. The minimum atomic E-state index is -2.76. The molecule has 0 spiro atoms. The number of benzene rings is 1. The van der Waals surface area contributed by atoms with Crippen molar-refractivity contribution in [2.75, 3.05) is 6.16 Å². The summed E-state index contributed by atoms with van der Waals surface area (Å²) in [5.74, 6) is 0. The van der Waals surface area contributed by atoms with Crippen LogP contribution in [-0.4, -0.2) is 6.16 Å². The first-order valence-electron chi connectivity index (χ1n) is 3.91. The average Bonchev–Trinajstić information content (AvgIpc) is 2.15. The SMILES string of the molecule is O=[P+]([O-])C[C@H](c1ccccc1)[P+](=O)[O-]. The summed E-state index contributed by atoms with van der Waals surface area (Å²) in [5, 5.41) is 0. The topological polar surface area (TPSA) is 80.3 Å². The van der Waals surface area contributed by atoms with Crippen LogP contribution in [-0.2, 0) is 9.13 Å². The highest BCUT2D eigenvalue weighted by Gasteiger charge is 2.29. The van der Waals surface area contributed by atoms with E-state index in [0.717, 1.165) is 0 Å². The van der Waals surface area contributed by atoms with Gasteiger partial charge in [0, 0.05) is 5.56 Å². The number of hydrogen-bond acceptors (Lipinski definition) is 4. The predicted octanol–water partition coefficient (Wildman–Crippen LogP) is 0.933. The highest BCUT2D eigenvalue weighted by atomic mass is 31.1. The van der Waals surface area contributed by atoms with Gasteiger partial charge in [0.05, 0.1) is 0 Å². The molecule has 2 unspecified atom stereocenters. The van der Waals surface area contributed by atoms with Crippen LogP contribution in [0.1, 0.15) is 11.2 Å². The molecule has 1 rings (SSSR count). The van der Waals surface area contributed by atoms with E-state index >= 15 is 0 Å². The van der Waals surface area contributed by atoms with Crippen molar-refractivity contribution in [2.24, 2.45) is 0 Å². The third-order valence-corrected chi connectivity index (χ3v) is 3.70. The highest BCUT2D eigenvalue weighted by molar-refractivity contribution is 7.41. The molecular weight excluding hydrogens is 222 g/mol. The van der Waals surface area contributed by atoms with Gasteiger partial charge in [0.2, 0.25) is 5.66 Å². The van der Waals surface area contributed by atoms with E-state index in [1.54, 1.807) is 30.3 Å². The third-order valence-electron chi connectivity index (χ3n) is 1.76. The Kier molecular flexibility index (Phi) is 4.30. The second-order valence-corrected chi connectivity index (χ2v) is 4.95. The first kappa shape index (κ1) is 11.4. The second kappa shape index (κ2) is 5.28. The van der Waals surface area contributed by atoms with Gasteiger partial charge in [-0.25, -0.2) is 0 Å². The first-order valence-corrected chi connectivity index (χ1v) is 6.52. The Hall–Kier alpha value is -0.660. The normalized spacial score (nSPS) is 14.7. The molecule has 0 amide bonds. The van der Waals surface area contributed by atoms with Gasteiger partial charge < -0.3 is 9.79 Å². The summed E-state index contributed by atoms with van der Waals surface area (Å²) in [6.07, 6.45) is -0.349. The zero-order valence-electron chi connectivity index (χ0n) is 7.20. The van der Waals surface area contributed by atoms with E-state index in [0.29, 0.717) is 5.56 Å². The molecule has 14 heavy (non-hydrogen) atoms. The van der Waals surface area contributed by atoms with Gasteiger partial charge in [0.1, 0.15) is 0 Å². The molecular formula is C8H8O4P2. The standard InChI is InChI=1S/C8H8O4P2/c9-13(10)6-8(14(11)12)7-4-2-1-3-5-7/h1-5,8H,6H2/t8-/m1/s1. The van der Waals surface area contributed by atoms with Crippen molar-refractivity contribution in [1.82, 2.24) is 0 Å². The van der Waals surface area contributed by atoms with Gasteiger partial charge in [-0.3, -0.25) is 0 Å². The highest BCUT2D eigenvalue weighted by Crippen LogP contribution is 2.38. The molecule has 0 radical (unpaired) electrons. The smallest absolute Gasteiger partial charge is 0.321 e. The third kappa shape index (κ3) is 3.24. The number of rotatable bonds is 4. The molecule has 6 heteroatoms. The van der Waals surface area contributed by atoms with Crippen LogP contribution in [0.15, 0.2) is 30.3 Å². The van der Waals surface area contributed by atoms with E-state index in [1.165, 1.54) is 0 Å². The quantitative estimate of drug-likeness (QED) is 0.720.